The zero-order chi connectivity index (χ0) is 14.4. The lowest BCUT2D eigenvalue weighted by Crippen LogP contribution is -2.15. The Morgan fingerprint density at radius 1 is 1.20 bits per heavy atom. The molecule has 0 saturated carbocycles. The van der Waals surface area contributed by atoms with E-state index < -0.39 is 0 Å². The van der Waals surface area contributed by atoms with Gasteiger partial charge in [0.05, 0.1) is 19.8 Å². The van der Waals surface area contributed by atoms with Crippen LogP contribution in [0, 0.1) is 0 Å². The highest BCUT2D eigenvalue weighted by Crippen LogP contribution is 2.34. The summed E-state index contributed by atoms with van der Waals surface area (Å²) in [7, 11) is 3.28. The van der Waals surface area contributed by atoms with Crippen LogP contribution in [0.3, 0.4) is 0 Å². The lowest BCUT2D eigenvalue weighted by Gasteiger charge is -2.07. The summed E-state index contributed by atoms with van der Waals surface area (Å²) in [6, 6.07) is 5.71. The van der Waals surface area contributed by atoms with Gasteiger partial charge in [-0.05, 0) is 18.7 Å². The van der Waals surface area contributed by atoms with Crippen molar-refractivity contribution in [2.45, 2.75) is 13.3 Å². The van der Waals surface area contributed by atoms with Crippen LogP contribution in [0.25, 0.3) is 10.6 Å². The zero-order valence-corrected chi connectivity index (χ0v) is 12.8. The van der Waals surface area contributed by atoms with Gasteiger partial charge in [0.1, 0.15) is 16.5 Å². The molecule has 0 spiro atoms. The van der Waals surface area contributed by atoms with Gasteiger partial charge in [0.15, 0.2) is 5.01 Å². The lowest BCUT2D eigenvalue weighted by molar-refractivity contribution is 0.395. The highest BCUT2D eigenvalue weighted by Gasteiger charge is 2.12. The first-order chi connectivity index (χ1) is 9.78. The first-order valence-electron chi connectivity index (χ1n) is 6.54. The fourth-order valence-electron chi connectivity index (χ4n) is 1.81. The molecule has 0 amide bonds. The van der Waals surface area contributed by atoms with Crippen molar-refractivity contribution < 1.29 is 9.47 Å². The minimum Gasteiger partial charge on any atom is -0.497 e. The second-order valence-corrected chi connectivity index (χ2v) is 5.23. The third-order valence-corrected chi connectivity index (χ3v) is 3.89. The molecule has 1 aromatic heterocycles. The molecule has 0 unspecified atom stereocenters. The number of hydrogen-bond donors (Lipinski definition) is 1. The van der Waals surface area contributed by atoms with Crippen molar-refractivity contribution in [1.82, 2.24) is 15.5 Å². The molecule has 1 N–H and O–H groups in total. The summed E-state index contributed by atoms with van der Waals surface area (Å²) >= 11 is 1.60. The van der Waals surface area contributed by atoms with Crippen LogP contribution in [-0.4, -0.2) is 37.5 Å². The van der Waals surface area contributed by atoms with Crippen LogP contribution in [0.1, 0.15) is 11.9 Å². The topological polar surface area (TPSA) is 56.3 Å². The number of aromatic nitrogens is 2. The van der Waals surface area contributed by atoms with Gasteiger partial charge in [-0.15, -0.1) is 10.2 Å². The van der Waals surface area contributed by atoms with E-state index in [1.807, 2.05) is 18.2 Å². The third kappa shape index (κ3) is 3.46. The minimum atomic E-state index is 0.749. The monoisotopic (exact) mass is 293 g/mol. The molecule has 6 heteroatoms. The minimum absolute atomic E-state index is 0.749. The van der Waals surface area contributed by atoms with E-state index in [1.165, 1.54) is 0 Å². The molecule has 0 atom stereocenters. The molecule has 0 fully saturated rings. The maximum atomic E-state index is 5.40. The van der Waals surface area contributed by atoms with Crippen LogP contribution in [0.15, 0.2) is 18.2 Å². The van der Waals surface area contributed by atoms with Crippen molar-refractivity contribution in [2.24, 2.45) is 0 Å². The Labute approximate surface area is 123 Å². The van der Waals surface area contributed by atoms with Crippen LogP contribution < -0.4 is 14.8 Å². The van der Waals surface area contributed by atoms with E-state index in [0.29, 0.717) is 0 Å². The smallest absolute Gasteiger partial charge is 0.151 e. The van der Waals surface area contributed by atoms with Crippen LogP contribution >= 0.6 is 11.3 Å². The summed E-state index contributed by atoms with van der Waals surface area (Å²) in [6.07, 6.45) is 0.893. The summed E-state index contributed by atoms with van der Waals surface area (Å²) in [5, 5.41) is 13.7. The average Bonchev–Trinajstić information content (AvgIpc) is 2.95. The third-order valence-electron chi connectivity index (χ3n) is 2.87. The number of ether oxygens (including phenoxy) is 2. The number of rotatable bonds is 7. The van der Waals surface area contributed by atoms with Crippen molar-refractivity contribution in [2.75, 3.05) is 27.3 Å². The van der Waals surface area contributed by atoms with E-state index in [-0.39, 0.29) is 0 Å². The standard InChI is InChI=1S/C14H19N3O2S/c1-4-15-8-7-13-16-17-14(20-13)11-6-5-10(18-2)9-12(11)19-3/h5-6,9,15H,4,7-8H2,1-3H3. The lowest BCUT2D eigenvalue weighted by atomic mass is 10.2. The summed E-state index contributed by atoms with van der Waals surface area (Å²) in [6.45, 7) is 3.98. The molecular formula is C14H19N3O2S. The second kappa shape index (κ2) is 7.21. The van der Waals surface area contributed by atoms with Crippen LogP contribution in [0.4, 0.5) is 0 Å². The van der Waals surface area contributed by atoms with Gasteiger partial charge in [-0.1, -0.05) is 18.3 Å². The molecular weight excluding hydrogens is 274 g/mol. The van der Waals surface area contributed by atoms with Crippen molar-refractivity contribution in [3.05, 3.63) is 23.2 Å². The predicted molar refractivity (Wildman–Crippen MR) is 80.7 cm³/mol. The van der Waals surface area contributed by atoms with Crippen molar-refractivity contribution in [3.8, 4) is 22.1 Å². The Morgan fingerprint density at radius 3 is 2.75 bits per heavy atom. The van der Waals surface area contributed by atoms with Gasteiger partial charge in [0.2, 0.25) is 0 Å². The normalized spacial score (nSPS) is 10.6. The molecule has 20 heavy (non-hydrogen) atoms. The molecule has 1 aromatic carbocycles. The summed E-state index contributed by atoms with van der Waals surface area (Å²) in [5.74, 6) is 1.52. The Hall–Kier alpha value is -1.66. The molecule has 5 nitrogen and oxygen atoms in total. The number of likely N-dealkylation sites (N-methyl/N-ethyl adjacent to an activating group) is 1. The number of benzene rings is 1. The molecule has 0 aliphatic carbocycles. The van der Waals surface area contributed by atoms with Crippen molar-refractivity contribution >= 4 is 11.3 Å². The van der Waals surface area contributed by atoms with Gasteiger partial charge in [0, 0.05) is 19.0 Å². The van der Waals surface area contributed by atoms with Crippen LogP contribution in [0.5, 0.6) is 11.5 Å². The van der Waals surface area contributed by atoms with Crippen LogP contribution in [-0.2, 0) is 6.42 Å². The highest BCUT2D eigenvalue weighted by atomic mass is 32.1. The molecule has 2 aromatic rings. The Morgan fingerprint density at radius 2 is 2.05 bits per heavy atom. The zero-order valence-electron chi connectivity index (χ0n) is 12.0. The second-order valence-electron chi connectivity index (χ2n) is 4.17. The fourth-order valence-corrected chi connectivity index (χ4v) is 2.68. The maximum absolute atomic E-state index is 5.40. The molecule has 2 rings (SSSR count). The molecule has 0 bridgehead atoms. The molecule has 108 valence electrons. The Balaban J connectivity index is 2.18. The fraction of sp³-hybridized carbons (Fsp3) is 0.429. The van der Waals surface area contributed by atoms with E-state index in [9.17, 15) is 0 Å². The van der Waals surface area contributed by atoms with Gasteiger partial charge in [-0.25, -0.2) is 0 Å². The van der Waals surface area contributed by atoms with E-state index in [1.54, 1.807) is 25.6 Å². The summed E-state index contributed by atoms with van der Waals surface area (Å²) in [5.41, 5.74) is 0.945. The van der Waals surface area contributed by atoms with E-state index in [2.05, 4.69) is 22.4 Å². The van der Waals surface area contributed by atoms with Crippen LogP contribution in [0.2, 0.25) is 0 Å². The van der Waals surface area contributed by atoms with Crippen molar-refractivity contribution in [1.29, 1.82) is 0 Å². The Kier molecular flexibility index (Phi) is 5.31. The van der Waals surface area contributed by atoms with E-state index >= 15 is 0 Å². The highest BCUT2D eigenvalue weighted by molar-refractivity contribution is 7.14. The van der Waals surface area contributed by atoms with E-state index in [4.69, 9.17) is 9.47 Å². The molecule has 0 aliphatic heterocycles. The molecule has 1 heterocycles. The molecule has 0 aliphatic rings. The maximum Gasteiger partial charge on any atom is 0.151 e. The van der Waals surface area contributed by atoms with Gasteiger partial charge in [-0.3, -0.25) is 0 Å². The SMILES string of the molecule is CCNCCc1nnc(-c2ccc(OC)cc2OC)s1. The van der Waals surface area contributed by atoms with Gasteiger partial charge >= 0.3 is 0 Å². The van der Waals surface area contributed by atoms with Crippen molar-refractivity contribution in [3.63, 3.8) is 0 Å². The summed E-state index contributed by atoms with van der Waals surface area (Å²) < 4.78 is 10.6. The summed E-state index contributed by atoms with van der Waals surface area (Å²) in [4.78, 5) is 0. The number of nitrogens with one attached hydrogen (secondary N) is 1. The largest absolute Gasteiger partial charge is 0.497 e. The predicted octanol–water partition coefficient (Wildman–Crippen LogP) is 2.37. The van der Waals surface area contributed by atoms with Gasteiger partial charge in [-0.2, -0.15) is 0 Å². The quantitative estimate of drug-likeness (QED) is 0.794. The molecule has 0 radical (unpaired) electrons. The average molecular weight is 293 g/mol. The number of methoxy groups -OCH3 is 2. The first-order valence-corrected chi connectivity index (χ1v) is 7.35. The molecule has 0 saturated heterocycles. The Bertz CT molecular complexity index is 557. The number of hydrogen-bond acceptors (Lipinski definition) is 6. The van der Waals surface area contributed by atoms with Gasteiger partial charge < -0.3 is 14.8 Å². The van der Waals surface area contributed by atoms with E-state index in [0.717, 1.165) is 46.6 Å². The number of nitrogens with zero attached hydrogens (tertiary/aromatic N) is 2. The first kappa shape index (κ1) is 14.7. The van der Waals surface area contributed by atoms with Gasteiger partial charge in [0.25, 0.3) is 0 Å².